The molecule has 1 aromatic rings. The van der Waals surface area contributed by atoms with Crippen molar-refractivity contribution < 1.29 is 0 Å². The molecule has 0 spiro atoms. The summed E-state index contributed by atoms with van der Waals surface area (Å²) in [5.74, 6) is 0.514. The normalized spacial score (nSPS) is 20.4. The van der Waals surface area contributed by atoms with E-state index in [1.165, 1.54) is 11.1 Å². The summed E-state index contributed by atoms with van der Waals surface area (Å²) in [6.45, 7) is 2.17. The van der Waals surface area contributed by atoms with Crippen molar-refractivity contribution >= 4 is 5.57 Å². The molecule has 0 fully saturated rings. The smallest absolute Gasteiger partial charge is 0.0346 e. The van der Waals surface area contributed by atoms with Crippen molar-refractivity contribution in [3.63, 3.8) is 0 Å². The second-order valence-corrected chi connectivity index (χ2v) is 3.47. The predicted molar refractivity (Wildman–Crippen MR) is 59.7 cm³/mol. The Bertz CT molecular complexity index is 385. The number of pyridine rings is 1. The summed E-state index contributed by atoms with van der Waals surface area (Å²) in [7, 11) is 0. The fourth-order valence-corrected chi connectivity index (χ4v) is 1.44. The van der Waals surface area contributed by atoms with Gasteiger partial charge in [0.1, 0.15) is 0 Å². The van der Waals surface area contributed by atoms with E-state index in [1.54, 1.807) is 6.20 Å². The Balaban J connectivity index is 2.33. The maximum Gasteiger partial charge on any atom is 0.0346 e. The van der Waals surface area contributed by atoms with Gasteiger partial charge in [-0.25, -0.2) is 0 Å². The average Bonchev–Trinajstić information content (AvgIpc) is 2.44. The minimum Gasteiger partial charge on any atom is -0.264 e. The molecular weight excluding hydrogens is 170 g/mol. The van der Waals surface area contributed by atoms with Crippen molar-refractivity contribution in [3.8, 4) is 0 Å². The van der Waals surface area contributed by atoms with E-state index in [2.05, 4.69) is 48.4 Å². The number of aromatic nitrogens is 1. The van der Waals surface area contributed by atoms with Gasteiger partial charge in [-0.15, -0.1) is 0 Å². The van der Waals surface area contributed by atoms with Crippen molar-refractivity contribution in [2.75, 3.05) is 0 Å². The number of rotatable bonds is 1. The van der Waals surface area contributed by atoms with Crippen LogP contribution < -0.4 is 0 Å². The molecule has 0 N–H and O–H groups in total. The van der Waals surface area contributed by atoms with Crippen molar-refractivity contribution in [1.29, 1.82) is 0 Å². The largest absolute Gasteiger partial charge is 0.264 e. The first-order chi connectivity index (χ1) is 6.86. The van der Waals surface area contributed by atoms with E-state index in [0.717, 1.165) is 0 Å². The van der Waals surface area contributed by atoms with Gasteiger partial charge in [-0.2, -0.15) is 0 Å². The molecule has 1 atom stereocenters. The summed E-state index contributed by atoms with van der Waals surface area (Å²) < 4.78 is 0. The number of allylic oxidation sites excluding steroid dienone is 6. The molecule has 1 aromatic heterocycles. The first-order valence-electron chi connectivity index (χ1n) is 4.83. The van der Waals surface area contributed by atoms with E-state index < -0.39 is 0 Å². The Morgan fingerprint density at radius 3 is 3.00 bits per heavy atom. The number of nitrogens with zero attached hydrogens (tertiary/aromatic N) is 1. The van der Waals surface area contributed by atoms with Crippen molar-refractivity contribution in [3.05, 3.63) is 60.5 Å². The van der Waals surface area contributed by atoms with Gasteiger partial charge in [0.05, 0.1) is 0 Å². The highest BCUT2D eigenvalue weighted by atomic mass is 14.6. The third kappa shape index (κ3) is 1.99. The van der Waals surface area contributed by atoms with E-state index in [9.17, 15) is 0 Å². The summed E-state index contributed by atoms with van der Waals surface area (Å²) >= 11 is 0. The highest BCUT2D eigenvalue weighted by molar-refractivity contribution is 5.75. The molecule has 70 valence electrons. The molecular formula is C13H13N. The van der Waals surface area contributed by atoms with E-state index >= 15 is 0 Å². The standard InChI is InChI=1S/C13H13N/c1-11-4-2-5-12(8-7-11)13-6-3-9-14-10-13/h2-11H,1H3. The zero-order chi connectivity index (χ0) is 9.80. The van der Waals surface area contributed by atoms with E-state index in [1.807, 2.05) is 12.3 Å². The van der Waals surface area contributed by atoms with Crippen LogP contribution >= 0.6 is 0 Å². The zero-order valence-electron chi connectivity index (χ0n) is 8.22. The quantitative estimate of drug-likeness (QED) is 0.651. The van der Waals surface area contributed by atoms with Gasteiger partial charge in [-0.3, -0.25) is 4.98 Å². The van der Waals surface area contributed by atoms with Crippen LogP contribution in [-0.2, 0) is 0 Å². The fraction of sp³-hybridized carbons (Fsp3) is 0.154. The maximum absolute atomic E-state index is 4.11. The van der Waals surface area contributed by atoms with Crippen LogP contribution in [0.15, 0.2) is 54.9 Å². The fourth-order valence-electron chi connectivity index (χ4n) is 1.44. The van der Waals surface area contributed by atoms with Gasteiger partial charge in [0, 0.05) is 12.4 Å². The molecule has 0 bridgehead atoms. The highest BCUT2D eigenvalue weighted by Gasteiger charge is 1.99. The van der Waals surface area contributed by atoms with E-state index in [0.29, 0.717) is 5.92 Å². The Labute approximate surface area is 84.5 Å². The monoisotopic (exact) mass is 183 g/mol. The molecule has 1 nitrogen and oxygen atoms in total. The minimum atomic E-state index is 0.514. The first kappa shape index (κ1) is 8.95. The average molecular weight is 183 g/mol. The lowest BCUT2D eigenvalue weighted by Crippen LogP contribution is -1.82. The van der Waals surface area contributed by atoms with Crippen molar-refractivity contribution in [2.45, 2.75) is 6.92 Å². The summed E-state index contributed by atoms with van der Waals surface area (Å²) in [5.41, 5.74) is 2.39. The van der Waals surface area contributed by atoms with Crippen LogP contribution in [0.25, 0.3) is 5.57 Å². The predicted octanol–water partition coefficient (Wildman–Crippen LogP) is 3.23. The summed E-state index contributed by atoms with van der Waals surface area (Å²) in [5, 5.41) is 0. The molecule has 0 amide bonds. The SMILES string of the molecule is CC1C=CC=C(c2cccnc2)C=C1. The molecule has 1 heteroatoms. The van der Waals surface area contributed by atoms with Crippen LogP contribution in [-0.4, -0.2) is 4.98 Å². The van der Waals surface area contributed by atoms with Crippen LogP contribution in [0.1, 0.15) is 12.5 Å². The molecule has 1 unspecified atom stereocenters. The molecule has 0 radical (unpaired) electrons. The Kier molecular flexibility index (Phi) is 2.59. The minimum absolute atomic E-state index is 0.514. The Hall–Kier alpha value is -1.63. The molecule has 0 aliphatic heterocycles. The second kappa shape index (κ2) is 4.05. The number of hydrogen-bond donors (Lipinski definition) is 0. The van der Waals surface area contributed by atoms with E-state index in [4.69, 9.17) is 0 Å². The van der Waals surface area contributed by atoms with Crippen LogP contribution in [0.4, 0.5) is 0 Å². The van der Waals surface area contributed by atoms with Crippen molar-refractivity contribution in [1.82, 2.24) is 4.98 Å². The van der Waals surface area contributed by atoms with Gasteiger partial charge in [-0.05, 0) is 23.1 Å². The van der Waals surface area contributed by atoms with Gasteiger partial charge in [0.25, 0.3) is 0 Å². The van der Waals surface area contributed by atoms with Gasteiger partial charge in [0.2, 0.25) is 0 Å². The maximum atomic E-state index is 4.11. The number of hydrogen-bond acceptors (Lipinski definition) is 1. The topological polar surface area (TPSA) is 12.9 Å². The molecule has 1 aliphatic carbocycles. The third-order valence-electron chi connectivity index (χ3n) is 2.26. The lowest BCUT2D eigenvalue weighted by molar-refractivity contribution is 0.943. The first-order valence-corrected chi connectivity index (χ1v) is 4.83. The van der Waals surface area contributed by atoms with Gasteiger partial charge in [-0.1, -0.05) is 43.4 Å². The summed E-state index contributed by atoms with van der Waals surface area (Å²) in [6, 6.07) is 4.04. The van der Waals surface area contributed by atoms with Crippen molar-refractivity contribution in [2.24, 2.45) is 5.92 Å². The summed E-state index contributed by atoms with van der Waals surface area (Å²) in [4.78, 5) is 4.11. The highest BCUT2D eigenvalue weighted by Crippen LogP contribution is 2.18. The molecule has 0 saturated carbocycles. The molecule has 0 saturated heterocycles. The second-order valence-electron chi connectivity index (χ2n) is 3.47. The van der Waals surface area contributed by atoms with E-state index in [-0.39, 0.29) is 0 Å². The van der Waals surface area contributed by atoms with Crippen LogP contribution in [0.3, 0.4) is 0 Å². The van der Waals surface area contributed by atoms with Crippen LogP contribution in [0.5, 0.6) is 0 Å². The zero-order valence-corrected chi connectivity index (χ0v) is 8.22. The molecule has 1 aliphatic rings. The van der Waals surface area contributed by atoms with Gasteiger partial charge >= 0.3 is 0 Å². The molecule has 1 heterocycles. The lowest BCUT2D eigenvalue weighted by atomic mass is 10.1. The van der Waals surface area contributed by atoms with Gasteiger partial charge in [0.15, 0.2) is 0 Å². The molecule has 2 rings (SSSR count). The van der Waals surface area contributed by atoms with Gasteiger partial charge < -0.3 is 0 Å². The van der Waals surface area contributed by atoms with Crippen LogP contribution in [0, 0.1) is 5.92 Å². The third-order valence-corrected chi connectivity index (χ3v) is 2.26. The Morgan fingerprint density at radius 1 is 1.29 bits per heavy atom. The Morgan fingerprint density at radius 2 is 2.21 bits per heavy atom. The lowest BCUT2D eigenvalue weighted by Gasteiger charge is -1.99. The summed E-state index contributed by atoms with van der Waals surface area (Å²) in [6.07, 6.45) is 14.4. The molecule has 0 aromatic carbocycles. The van der Waals surface area contributed by atoms with Crippen LogP contribution in [0.2, 0.25) is 0 Å². The molecule has 14 heavy (non-hydrogen) atoms.